The maximum atomic E-state index is 10.6. The van der Waals surface area contributed by atoms with Crippen molar-refractivity contribution in [3.63, 3.8) is 0 Å². The van der Waals surface area contributed by atoms with E-state index in [1.807, 2.05) is 6.08 Å². The van der Waals surface area contributed by atoms with E-state index in [0.717, 1.165) is 38.3 Å². The summed E-state index contributed by atoms with van der Waals surface area (Å²) in [6.45, 7) is 7.27. The molecule has 0 radical (unpaired) electrons. The molecule has 0 bridgehead atoms. The molecular weight excluding hydrogens is 214 g/mol. The van der Waals surface area contributed by atoms with Crippen molar-refractivity contribution in [2.45, 2.75) is 57.6 Å². The van der Waals surface area contributed by atoms with Crippen LogP contribution in [0.2, 0.25) is 0 Å². The zero-order chi connectivity index (χ0) is 12.3. The second-order valence-electron chi connectivity index (χ2n) is 5.40. The molecule has 1 N–H and O–H groups in total. The molecule has 2 aliphatic rings. The molecule has 0 aromatic rings. The van der Waals surface area contributed by atoms with Crippen LogP contribution >= 0.6 is 0 Å². The van der Waals surface area contributed by atoms with E-state index in [2.05, 4.69) is 18.7 Å². The number of ether oxygens (including phenoxy) is 1. The first-order valence-electron chi connectivity index (χ1n) is 6.94. The van der Waals surface area contributed by atoms with E-state index in [-0.39, 0.29) is 5.54 Å². The van der Waals surface area contributed by atoms with Crippen LogP contribution in [0.15, 0.2) is 11.8 Å². The summed E-state index contributed by atoms with van der Waals surface area (Å²) in [6, 6.07) is 0. The van der Waals surface area contributed by atoms with E-state index in [4.69, 9.17) is 4.74 Å². The highest BCUT2D eigenvalue weighted by atomic mass is 16.5. The van der Waals surface area contributed by atoms with E-state index in [1.54, 1.807) is 0 Å². The van der Waals surface area contributed by atoms with Crippen LogP contribution in [0, 0.1) is 0 Å². The summed E-state index contributed by atoms with van der Waals surface area (Å²) in [5.41, 5.74) is -0.170. The predicted molar refractivity (Wildman–Crippen MR) is 68.8 cm³/mol. The third-order valence-electron chi connectivity index (χ3n) is 4.38. The standard InChI is InChI=1S/C14H25NO2/c1-3-14(2,15-9-5-4-6-10-15)13(16)12-8-7-11-17-12/h8,13,16H,3-7,9-11H2,1-2H3. The summed E-state index contributed by atoms with van der Waals surface area (Å²) in [6.07, 6.45) is 7.28. The number of piperidine rings is 1. The molecule has 0 aliphatic carbocycles. The number of hydrogen-bond donors (Lipinski definition) is 1. The lowest BCUT2D eigenvalue weighted by Crippen LogP contribution is -2.56. The zero-order valence-corrected chi connectivity index (χ0v) is 11.1. The Balaban J connectivity index is 2.10. The molecule has 2 unspecified atom stereocenters. The van der Waals surface area contributed by atoms with Gasteiger partial charge in [-0.3, -0.25) is 4.90 Å². The minimum atomic E-state index is -0.479. The van der Waals surface area contributed by atoms with Gasteiger partial charge in [0.25, 0.3) is 0 Å². The maximum Gasteiger partial charge on any atom is 0.129 e. The van der Waals surface area contributed by atoms with Crippen LogP contribution in [-0.4, -0.2) is 41.3 Å². The molecule has 0 saturated carbocycles. The number of aliphatic hydroxyl groups excluding tert-OH is 1. The van der Waals surface area contributed by atoms with Crippen LogP contribution in [-0.2, 0) is 4.74 Å². The van der Waals surface area contributed by atoms with Gasteiger partial charge in [0, 0.05) is 6.42 Å². The van der Waals surface area contributed by atoms with E-state index in [9.17, 15) is 5.11 Å². The highest BCUT2D eigenvalue weighted by Crippen LogP contribution is 2.32. The lowest BCUT2D eigenvalue weighted by atomic mass is 9.86. The lowest BCUT2D eigenvalue weighted by Gasteiger charge is -2.46. The van der Waals surface area contributed by atoms with Crippen LogP contribution in [0.4, 0.5) is 0 Å². The largest absolute Gasteiger partial charge is 0.495 e. The first kappa shape index (κ1) is 12.9. The van der Waals surface area contributed by atoms with E-state index >= 15 is 0 Å². The first-order chi connectivity index (χ1) is 8.18. The average molecular weight is 239 g/mol. The predicted octanol–water partition coefficient (Wildman–Crippen LogP) is 2.31. The monoisotopic (exact) mass is 239 g/mol. The van der Waals surface area contributed by atoms with Crippen molar-refractivity contribution in [1.82, 2.24) is 4.90 Å². The van der Waals surface area contributed by atoms with Gasteiger partial charge in [-0.2, -0.15) is 0 Å². The summed E-state index contributed by atoms with van der Waals surface area (Å²) in [4.78, 5) is 2.45. The van der Waals surface area contributed by atoms with Crippen molar-refractivity contribution in [3.05, 3.63) is 11.8 Å². The Morgan fingerprint density at radius 2 is 2.12 bits per heavy atom. The van der Waals surface area contributed by atoms with E-state index < -0.39 is 6.10 Å². The van der Waals surface area contributed by atoms with Crippen molar-refractivity contribution in [2.75, 3.05) is 19.7 Å². The number of hydrogen-bond acceptors (Lipinski definition) is 3. The van der Waals surface area contributed by atoms with Crippen molar-refractivity contribution in [1.29, 1.82) is 0 Å². The Labute approximate surface area is 104 Å². The summed E-state index contributed by atoms with van der Waals surface area (Å²) in [5, 5.41) is 10.6. The van der Waals surface area contributed by atoms with Gasteiger partial charge in [0.05, 0.1) is 12.1 Å². The van der Waals surface area contributed by atoms with Crippen LogP contribution in [0.1, 0.15) is 46.0 Å². The van der Waals surface area contributed by atoms with Crippen molar-refractivity contribution in [2.24, 2.45) is 0 Å². The number of nitrogens with zero attached hydrogens (tertiary/aromatic N) is 1. The second-order valence-corrected chi connectivity index (χ2v) is 5.40. The zero-order valence-electron chi connectivity index (χ0n) is 11.1. The number of likely N-dealkylation sites (tertiary alicyclic amines) is 1. The quantitative estimate of drug-likeness (QED) is 0.817. The van der Waals surface area contributed by atoms with Crippen LogP contribution < -0.4 is 0 Å². The lowest BCUT2D eigenvalue weighted by molar-refractivity contribution is -0.0377. The van der Waals surface area contributed by atoms with Gasteiger partial charge >= 0.3 is 0 Å². The van der Waals surface area contributed by atoms with E-state index in [1.165, 1.54) is 19.3 Å². The molecule has 0 aromatic heterocycles. The smallest absolute Gasteiger partial charge is 0.129 e. The highest BCUT2D eigenvalue weighted by molar-refractivity contribution is 5.12. The Morgan fingerprint density at radius 3 is 2.65 bits per heavy atom. The van der Waals surface area contributed by atoms with Crippen molar-refractivity contribution < 1.29 is 9.84 Å². The third kappa shape index (κ3) is 2.50. The number of aliphatic hydroxyl groups is 1. The fourth-order valence-electron chi connectivity index (χ4n) is 2.93. The van der Waals surface area contributed by atoms with Gasteiger partial charge < -0.3 is 9.84 Å². The van der Waals surface area contributed by atoms with Gasteiger partial charge in [0.2, 0.25) is 0 Å². The topological polar surface area (TPSA) is 32.7 Å². The Kier molecular flexibility index (Phi) is 4.10. The molecule has 0 aromatic carbocycles. The van der Waals surface area contributed by atoms with Crippen molar-refractivity contribution >= 4 is 0 Å². The second kappa shape index (κ2) is 5.40. The minimum absolute atomic E-state index is 0.170. The van der Waals surface area contributed by atoms with E-state index in [0.29, 0.717) is 0 Å². The van der Waals surface area contributed by atoms with Gasteiger partial charge in [0.15, 0.2) is 0 Å². The van der Waals surface area contributed by atoms with Crippen LogP contribution in [0.25, 0.3) is 0 Å². The highest BCUT2D eigenvalue weighted by Gasteiger charge is 2.40. The van der Waals surface area contributed by atoms with Crippen molar-refractivity contribution in [3.8, 4) is 0 Å². The Bertz CT molecular complexity index is 284. The molecule has 0 amide bonds. The molecule has 2 aliphatic heterocycles. The van der Waals surface area contributed by atoms with Crippen LogP contribution in [0.5, 0.6) is 0 Å². The normalized spacial score (nSPS) is 27.1. The maximum absolute atomic E-state index is 10.6. The Hall–Kier alpha value is -0.540. The molecule has 98 valence electrons. The molecule has 2 heterocycles. The molecular formula is C14H25NO2. The third-order valence-corrected chi connectivity index (χ3v) is 4.38. The molecule has 3 nitrogen and oxygen atoms in total. The summed E-state index contributed by atoms with van der Waals surface area (Å²) in [7, 11) is 0. The number of rotatable bonds is 4. The van der Waals surface area contributed by atoms with Gasteiger partial charge in [-0.1, -0.05) is 13.3 Å². The summed E-state index contributed by atoms with van der Waals surface area (Å²) >= 11 is 0. The molecule has 1 fully saturated rings. The molecule has 1 saturated heterocycles. The van der Waals surface area contributed by atoms with Gasteiger partial charge in [-0.15, -0.1) is 0 Å². The Morgan fingerprint density at radius 1 is 1.41 bits per heavy atom. The fourth-order valence-corrected chi connectivity index (χ4v) is 2.93. The van der Waals surface area contributed by atoms with Crippen LogP contribution in [0.3, 0.4) is 0 Å². The van der Waals surface area contributed by atoms with Gasteiger partial charge in [-0.25, -0.2) is 0 Å². The average Bonchev–Trinajstić information content (AvgIpc) is 2.92. The fraction of sp³-hybridized carbons (Fsp3) is 0.857. The minimum Gasteiger partial charge on any atom is -0.495 e. The molecule has 2 atom stereocenters. The molecule has 2 rings (SSSR count). The van der Waals surface area contributed by atoms with Gasteiger partial charge in [-0.05, 0) is 45.4 Å². The summed E-state index contributed by atoms with van der Waals surface area (Å²) in [5.74, 6) is 0.792. The summed E-state index contributed by atoms with van der Waals surface area (Å²) < 4.78 is 5.54. The SMILES string of the molecule is CCC(C)(C(O)C1=CCCO1)N1CCCCC1. The molecule has 0 spiro atoms. The first-order valence-corrected chi connectivity index (χ1v) is 6.94. The molecule has 17 heavy (non-hydrogen) atoms. The van der Waals surface area contributed by atoms with Gasteiger partial charge in [0.1, 0.15) is 11.9 Å². The molecule has 3 heteroatoms.